The highest BCUT2D eigenvalue weighted by Gasteiger charge is 2.16. The molecule has 1 N–H and O–H groups in total. The molecule has 38 heavy (non-hydrogen) atoms. The molecule has 0 aromatic carbocycles. The Morgan fingerprint density at radius 3 is 1.76 bits per heavy atom. The van der Waals surface area contributed by atoms with E-state index in [-0.39, 0.29) is 43.9 Å². The average Bonchev–Trinajstić information content (AvgIpc) is 2.87. The molecular formula is C30H60N2O6. The summed E-state index contributed by atoms with van der Waals surface area (Å²) in [6, 6.07) is -0.00914. The van der Waals surface area contributed by atoms with Gasteiger partial charge < -0.3 is 29.2 Å². The van der Waals surface area contributed by atoms with Crippen LogP contribution in [0.1, 0.15) is 118 Å². The van der Waals surface area contributed by atoms with Gasteiger partial charge in [0.2, 0.25) is 0 Å². The van der Waals surface area contributed by atoms with E-state index in [2.05, 4.69) is 19.2 Å². The summed E-state index contributed by atoms with van der Waals surface area (Å²) in [5, 5.41) is 2.79. The fourth-order valence-corrected chi connectivity index (χ4v) is 4.05. The molecule has 0 aliphatic heterocycles. The highest BCUT2D eigenvalue weighted by molar-refractivity contribution is 5.69. The molecule has 0 bridgehead atoms. The molecule has 0 aromatic heterocycles. The first kappa shape index (κ1) is 36.6. The van der Waals surface area contributed by atoms with Crippen molar-refractivity contribution < 1.29 is 28.5 Å². The smallest absolute Gasteiger partial charge is 0.407 e. The van der Waals surface area contributed by atoms with Crippen LogP contribution in [-0.4, -0.2) is 76.4 Å². The quantitative estimate of drug-likeness (QED) is 0.0736. The van der Waals surface area contributed by atoms with Crippen LogP contribution >= 0.6 is 0 Å². The minimum absolute atomic E-state index is 0.00914. The summed E-state index contributed by atoms with van der Waals surface area (Å²) in [5.74, 6) is -0.366. The van der Waals surface area contributed by atoms with Gasteiger partial charge in [0, 0.05) is 38.1 Å². The molecule has 2 unspecified atom stereocenters. The maximum atomic E-state index is 12.3. The molecule has 8 heteroatoms. The molecule has 0 aliphatic rings. The zero-order valence-corrected chi connectivity index (χ0v) is 25.6. The Morgan fingerprint density at radius 2 is 1.24 bits per heavy atom. The number of hydrogen-bond acceptors (Lipinski definition) is 7. The number of unbranched alkanes of at least 4 members (excludes halogenated alkanes) is 10. The molecule has 0 rings (SSSR count). The predicted octanol–water partition coefficient (Wildman–Crippen LogP) is 6.70. The van der Waals surface area contributed by atoms with Crippen LogP contribution in [-0.2, 0) is 23.7 Å². The lowest BCUT2D eigenvalue weighted by atomic mass is 10.1. The zero-order valence-electron chi connectivity index (χ0n) is 25.6. The Hall–Kier alpha value is -1.38. The average molecular weight is 545 g/mol. The number of ether oxygens (including phenoxy) is 4. The predicted molar refractivity (Wildman–Crippen MR) is 154 cm³/mol. The van der Waals surface area contributed by atoms with Crippen molar-refractivity contribution in [3.05, 3.63) is 0 Å². The SMILES string of the molecule is CCCCCCCCOC(CCC(=O)OCC(C)COC(=O)NC(C)CN(C)C)OCCCCCCCC. The van der Waals surface area contributed by atoms with E-state index in [0.717, 1.165) is 19.4 Å². The number of carbonyl (C=O) groups excluding carboxylic acids is 2. The van der Waals surface area contributed by atoms with Crippen molar-refractivity contribution in [2.24, 2.45) is 5.92 Å². The maximum absolute atomic E-state index is 12.3. The van der Waals surface area contributed by atoms with Crippen molar-refractivity contribution in [3.63, 3.8) is 0 Å². The number of esters is 1. The topological polar surface area (TPSA) is 86.3 Å². The second-order valence-electron chi connectivity index (χ2n) is 10.9. The van der Waals surface area contributed by atoms with E-state index in [1.807, 2.05) is 32.8 Å². The van der Waals surface area contributed by atoms with Gasteiger partial charge in [-0.15, -0.1) is 0 Å². The zero-order chi connectivity index (χ0) is 28.4. The number of hydrogen-bond donors (Lipinski definition) is 1. The standard InChI is InChI=1S/C30H60N2O6/c1-7-9-11-13-15-17-21-35-29(36-22-18-16-14-12-10-8-2)20-19-28(33)37-24-26(3)25-38-30(34)31-27(4)23-32(5)6/h26-27,29H,7-25H2,1-6H3,(H,31,34). The van der Waals surface area contributed by atoms with Gasteiger partial charge in [-0.2, -0.15) is 0 Å². The van der Waals surface area contributed by atoms with Gasteiger partial charge in [-0.1, -0.05) is 85.0 Å². The first-order chi connectivity index (χ1) is 18.3. The number of carbonyl (C=O) groups is 2. The Balaban J connectivity index is 4.24. The van der Waals surface area contributed by atoms with Gasteiger partial charge in [-0.25, -0.2) is 4.79 Å². The summed E-state index contributed by atoms with van der Waals surface area (Å²) in [5.41, 5.74) is 0. The van der Waals surface area contributed by atoms with Gasteiger partial charge in [0.15, 0.2) is 6.29 Å². The number of nitrogens with zero attached hydrogens (tertiary/aromatic N) is 1. The van der Waals surface area contributed by atoms with Gasteiger partial charge in [0.05, 0.1) is 19.6 Å². The van der Waals surface area contributed by atoms with E-state index in [1.165, 1.54) is 64.2 Å². The summed E-state index contributed by atoms with van der Waals surface area (Å²) in [4.78, 5) is 26.2. The maximum Gasteiger partial charge on any atom is 0.407 e. The Kier molecular flexibility index (Phi) is 24.9. The Labute approximate surface area is 233 Å². The first-order valence-electron chi connectivity index (χ1n) is 15.2. The molecule has 226 valence electrons. The normalized spacial score (nSPS) is 13.1. The molecule has 0 heterocycles. The molecule has 8 nitrogen and oxygen atoms in total. The Bertz CT molecular complexity index is 543. The minimum Gasteiger partial charge on any atom is -0.465 e. The highest BCUT2D eigenvalue weighted by atomic mass is 16.7. The molecule has 0 saturated carbocycles. The van der Waals surface area contributed by atoms with Gasteiger partial charge in [0.1, 0.15) is 0 Å². The molecule has 2 atom stereocenters. The third-order valence-electron chi connectivity index (χ3n) is 6.22. The number of alkyl carbamates (subject to hydrolysis) is 1. The monoisotopic (exact) mass is 544 g/mol. The lowest BCUT2D eigenvalue weighted by Gasteiger charge is -2.20. The van der Waals surface area contributed by atoms with Crippen LogP contribution < -0.4 is 5.32 Å². The molecule has 0 radical (unpaired) electrons. The van der Waals surface area contributed by atoms with Crippen LogP contribution in [0, 0.1) is 5.92 Å². The lowest BCUT2D eigenvalue weighted by molar-refractivity contribution is -0.160. The van der Waals surface area contributed by atoms with Crippen molar-refractivity contribution in [2.45, 2.75) is 130 Å². The molecule has 0 spiro atoms. The van der Waals surface area contributed by atoms with E-state index >= 15 is 0 Å². The van der Waals surface area contributed by atoms with E-state index in [1.54, 1.807) is 0 Å². The van der Waals surface area contributed by atoms with Crippen molar-refractivity contribution in [2.75, 3.05) is 47.1 Å². The molecule has 0 saturated heterocycles. The van der Waals surface area contributed by atoms with Crippen LogP contribution in [0.3, 0.4) is 0 Å². The van der Waals surface area contributed by atoms with Crippen LogP contribution in [0.25, 0.3) is 0 Å². The Morgan fingerprint density at radius 1 is 0.737 bits per heavy atom. The first-order valence-corrected chi connectivity index (χ1v) is 15.2. The fraction of sp³-hybridized carbons (Fsp3) is 0.933. The molecule has 0 aliphatic carbocycles. The molecule has 0 aromatic rings. The summed E-state index contributed by atoms with van der Waals surface area (Å²) in [7, 11) is 3.90. The van der Waals surface area contributed by atoms with Crippen molar-refractivity contribution >= 4 is 12.1 Å². The molecule has 1 amide bonds. The van der Waals surface area contributed by atoms with Crippen LogP contribution in [0.2, 0.25) is 0 Å². The van der Waals surface area contributed by atoms with E-state index in [4.69, 9.17) is 18.9 Å². The summed E-state index contributed by atoms with van der Waals surface area (Å²) in [6.45, 7) is 10.7. The molecule has 0 fully saturated rings. The van der Waals surface area contributed by atoms with Gasteiger partial charge >= 0.3 is 12.1 Å². The van der Waals surface area contributed by atoms with E-state index < -0.39 is 6.09 Å². The van der Waals surface area contributed by atoms with Crippen LogP contribution in [0.15, 0.2) is 0 Å². The summed E-state index contributed by atoms with van der Waals surface area (Å²) >= 11 is 0. The summed E-state index contributed by atoms with van der Waals surface area (Å²) < 4.78 is 22.7. The third-order valence-corrected chi connectivity index (χ3v) is 6.22. The lowest BCUT2D eigenvalue weighted by Crippen LogP contribution is -2.40. The van der Waals surface area contributed by atoms with Crippen molar-refractivity contribution in [1.82, 2.24) is 10.2 Å². The third kappa shape index (κ3) is 24.9. The van der Waals surface area contributed by atoms with Gasteiger partial charge in [-0.05, 0) is 33.9 Å². The van der Waals surface area contributed by atoms with E-state index in [9.17, 15) is 9.59 Å². The second kappa shape index (κ2) is 25.9. The largest absolute Gasteiger partial charge is 0.465 e. The highest BCUT2D eigenvalue weighted by Crippen LogP contribution is 2.12. The van der Waals surface area contributed by atoms with Gasteiger partial charge in [0.25, 0.3) is 0 Å². The van der Waals surface area contributed by atoms with Crippen molar-refractivity contribution in [3.8, 4) is 0 Å². The number of amides is 1. The number of likely N-dealkylation sites (N-methyl/N-ethyl adjacent to an activating group) is 1. The molecular weight excluding hydrogens is 484 g/mol. The second-order valence-corrected chi connectivity index (χ2v) is 10.9. The minimum atomic E-state index is -0.453. The number of nitrogens with one attached hydrogen (secondary N) is 1. The fourth-order valence-electron chi connectivity index (χ4n) is 4.05. The van der Waals surface area contributed by atoms with Crippen LogP contribution in [0.4, 0.5) is 4.79 Å². The van der Waals surface area contributed by atoms with E-state index in [0.29, 0.717) is 19.6 Å². The number of rotatable bonds is 26. The van der Waals surface area contributed by atoms with Gasteiger partial charge in [-0.3, -0.25) is 4.79 Å². The van der Waals surface area contributed by atoms with Crippen LogP contribution in [0.5, 0.6) is 0 Å². The summed E-state index contributed by atoms with van der Waals surface area (Å²) in [6.07, 6.45) is 14.4. The van der Waals surface area contributed by atoms with Crippen molar-refractivity contribution in [1.29, 1.82) is 0 Å².